The lowest BCUT2D eigenvalue weighted by atomic mass is 9.92. The third-order valence-corrected chi connectivity index (χ3v) is 16.7. The molecule has 19 N–H and O–H groups in total. The predicted molar refractivity (Wildman–Crippen MR) is 294 cm³/mol. The van der Waals surface area contributed by atoms with E-state index in [0.717, 1.165) is 53.9 Å². The number of carbonyl (C=O) groups excluding carboxylic acids is 6. The van der Waals surface area contributed by atoms with Crippen LogP contribution in [0.3, 0.4) is 0 Å². The standard InChI is InChI=1S/C54H90N6O31/c1-18(67)55-31-38(74)37(73)25(12-61)81-50(31)87-45-27(14-63)83-52(33(40(45)76)57-20(3)69)89-47-29(16-65)85-54(35(42(47)78)59-22(5)71)91-48-30(17-66)86-53(36(43(48)79)60-23(6)72)90-46-28(15-64)84-51(34(41(46)77)58-21(4)70)88-44-26(13-62)82-49(32(39(44)75)56-19(2)68)80-24-10-8-7-9-11-24/h24-54,61-66,73-79H,7-17H2,1-6H3,(H,55,67)(H,56,68)(H,57,69)(H,58,70)(H,59,71)(H,60,72)/t25-,26-,27-,28-,29-,30-,31-,32-,33-,34-,35-,36-,37-,38-,39-,40-,41-,42-,43-,44-,45-,46-,47-,48-,49-,50+,51+,52+,53+,54+/m1/s1. The molecule has 522 valence electrons. The second-order valence-corrected chi connectivity index (χ2v) is 23.5. The molecule has 6 heterocycles. The lowest BCUT2D eigenvalue weighted by Crippen LogP contribution is -2.72. The smallest absolute Gasteiger partial charge is 0.217 e. The summed E-state index contributed by atoms with van der Waals surface area (Å²) in [7, 11) is 0. The summed E-state index contributed by atoms with van der Waals surface area (Å²) in [5.74, 6) is -4.56. The summed E-state index contributed by atoms with van der Waals surface area (Å²) < 4.78 is 73.0. The number of nitrogens with one attached hydrogen (secondary N) is 6. The number of amides is 6. The van der Waals surface area contributed by atoms with Gasteiger partial charge in [-0.25, -0.2) is 0 Å². The summed E-state index contributed by atoms with van der Waals surface area (Å²) in [6.07, 6.45) is -38.5. The van der Waals surface area contributed by atoms with E-state index in [1.165, 1.54) is 6.92 Å². The SMILES string of the molecule is CC(=O)N[C@H]1[C@H](OC2CCCCC2)O[C@H](CO)[C@@H](O[C@@H]2O[C@H](CO)[C@@H](O[C@@H]3O[C@H](CO)[C@@H](O[C@@H]4O[C@H](CO)[C@@H](O[C@@H]5O[C@H](CO)[C@@H](O[C@@H]6O[C@H](CO)[C@@H](O)[C@H](O)[C@H]6NC(C)=O)[C@H](O)[C@H]5NC(C)=O)[C@H](O)[C@H]4NC(C)=O)[C@H](O)[C@H]3NC(C)=O)[C@H](O)[C@H]2NC(C)=O)[C@@H]1O. The van der Waals surface area contributed by atoms with Crippen molar-refractivity contribution < 1.29 is 152 Å². The Morgan fingerprint density at radius 1 is 0.297 bits per heavy atom. The van der Waals surface area contributed by atoms with Gasteiger partial charge in [0.25, 0.3) is 0 Å². The third kappa shape index (κ3) is 17.8. The molecule has 37 nitrogen and oxygen atoms in total. The van der Waals surface area contributed by atoms with Crippen LogP contribution in [0.2, 0.25) is 0 Å². The number of hydrogen-bond donors (Lipinski definition) is 19. The van der Waals surface area contributed by atoms with E-state index >= 15 is 0 Å². The van der Waals surface area contributed by atoms with Gasteiger partial charge in [-0.15, -0.1) is 0 Å². The molecule has 7 aliphatic rings. The minimum Gasteiger partial charge on any atom is -0.394 e. The molecule has 0 aromatic carbocycles. The fourth-order valence-corrected chi connectivity index (χ4v) is 12.4. The van der Waals surface area contributed by atoms with E-state index in [-0.39, 0.29) is 6.10 Å². The highest BCUT2D eigenvalue weighted by Crippen LogP contribution is 2.38. The molecule has 37 heteroatoms. The minimum atomic E-state index is -2.06. The van der Waals surface area contributed by atoms with Crippen molar-refractivity contribution in [3.05, 3.63) is 0 Å². The Morgan fingerprint density at radius 3 is 0.703 bits per heavy atom. The van der Waals surface area contributed by atoms with Gasteiger partial charge in [-0.1, -0.05) is 19.3 Å². The maximum atomic E-state index is 12.9. The molecule has 0 aromatic rings. The van der Waals surface area contributed by atoms with Crippen LogP contribution in [0, 0.1) is 0 Å². The van der Waals surface area contributed by atoms with Gasteiger partial charge in [-0.05, 0) is 12.8 Å². The molecule has 30 atom stereocenters. The van der Waals surface area contributed by atoms with Crippen molar-refractivity contribution in [3.63, 3.8) is 0 Å². The van der Waals surface area contributed by atoms with Crippen LogP contribution in [-0.2, 0) is 85.6 Å². The zero-order valence-electron chi connectivity index (χ0n) is 50.8. The van der Waals surface area contributed by atoms with Gasteiger partial charge in [0.2, 0.25) is 35.4 Å². The molecule has 6 amide bonds. The Hall–Kier alpha value is -4.18. The van der Waals surface area contributed by atoms with Crippen LogP contribution in [-0.4, -0.2) is 331 Å². The molecule has 0 radical (unpaired) electrons. The van der Waals surface area contributed by atoms with E-state index in [2.05, 4.69) is 31.9 Å². The second-order valence-electron chi connectivity index (χ2n) is 23.5. The average Bonchev–Trinajstić information content (AvgIpc) is 0.953. The Labute approximate surface area is 521 Å². The number of aliphatic hydroxyl groups excluding tert-OH is 13. The van der Waals surface area contributed by atoms with Gasteiger partial charge >= 0.3 is 0 Å². The van der Waals surface area contributed by atoms with E-state index in [1.807, 2.05) is 0 Å². The molecule has 1 aliphatic carbocycles. The first-order valence-corrected chi connectivity index (χ1v) is 30.1. The van der Waals surface area contributed by atoms with E-state index in [1.54, 1.807) is 0 Å². The fourth-order valence-electron chi connectivity index (χ4n) is 12.4. The molecule has 0 aromatic heterocycles. The molecule has 1 saturated carbocycles. The summed E-state index contributed by atoms with van der Waals surface area (Å²) in [5, 5.41) is 160. The van der Waals surface area contributed by atoms with Crippen molar-refractivity contribution in [1.29, 1.82) is 0 Å². The normalized spacial score (nSPS) is 43.2. The monoisotopic (exact) mass is 1320 g/mol. The zero-order valence-corrected chi connectivity index (χ0v) is 50.8. The van der Waals surface area contributed by atoms with E-state index in [9.17, 15) is 95.2 Å². The van der Waals surface area contributed by atoms with Gasteiger partial charge < -0.3 is 155 Å². The van der Waals surface area contributed by atoms with Crippen LogP contribution in [0.25, 0.3) is 0 Å². The first-order chi connectivity index (χ1) is 43.2. The molecule has 7 fully saturated rings. The summed E-state index contributed by atoms with van der Waals surface area (Å²) in [6.45, 7) is 0.761. The number of carbonyl (C=O) groups is 6. The Morgan fingerprint density at radius 2 is 0.495 bits per heavy atom. The Kier molecular flexibility index (Phi) is 27.3. The maximum Gasteiger partial charge on any atom is 0.217 e. The quantitative estimate of drug-likeness (QED) is 0.0427. The molecule has 0 unspecified atom stereocenters. The molecule has 6 saturated heterocycles. The van der Waals surface area contributed by atoms with Crippen LogP contribution in [0.1, 0.15) is 73.6 Å². The van der Waals surface area contributed by atoms with Crippen molar-refractivity contribution in [1.82, 2.24) is 31.9 Å². The topological polar surface area (TPSA) is 548 Å². The van der Waals surface area contributed by atoms with Crippen molar-refractivity contribution in [3.8, 4) is 0 Å². The molecule has 7 rings (SSSR count). The van der Waals surface area contributed by atoms with Gasteiger partial charge in [0, 0.05) is 41.5 Å². The number of hydrogen-bond acceptors (Lipinski definition) is 31. The van der Waals surface area contributed by atoms with Crippen LogP contribution < -0.4 is 31.9 Å². The van der Waals surface area contributed by atoms with Gasteiger partial charge in [0.15, 0.2) is 37.7 Å². The lowest BCUT2D eigenvalue weighted by molar-refractivity contribution is -0.371. The first kappa shape index (κ1) is 74.2. The highest BCUT2D eigenvalue weighted by Gasteiger charge is 2.59. The van der Waals surface area contributed by atoms with Crippen LogP contribution in [0.5, 0.6) is 0 Å². The van der Waals surface area contributed by atoms with Crippen LogP contribution in [0.4, 0.5) is 0 Å². The Balaban J connectivity index is 1.09. The lowest BCUT2D eigenvalue weighted by Gasteiger charge is -2.52. The molecule has 6 aliphatic heterocycles. The number of aliphatic hydroxyl groups is 13. The first-order valence-electron chi connectivity index (χ1n) is 30.1. The highest BCUT2D eigenvalue weighted by atomic mass is 16.8. The minimum absolute atomic E-state index is 0.292. The van der Waals surface area contributed by atoms with Gasteiger partial charge in [0.1, 0.15) is 146 Å². The van der Waals surface area contributed by atoms with E-state index in [4.69, 9.17) is 56.8 Å². The Bertz CT molecular complexity index is 2390. The summed E-state index contributed by atoms with van der Waals surface area (Å²) in [5.41, 5.74) is 0. The molecule has 91 heavy (non-hydrogen) atoms. The molecule has 0 spiro atoms. The average molecular weight is 1320 g/mol. The van der Waals surface area contributed by atoms with Crippen LogP contribution in [0.15, 0.2) is 0 Å². The summed E-state index contributed by atoms with van der Waals surface area (Å²) in [6, 6.07) is -9.74. The predicted octanol–water partition coefficient (Wildman–Crippen LogP) is -10.9. The maximum absolute atomic E-state index is 12.9. The molecular weight excluding hydrogens is 1230 g/mol. The van der Waals surface area contributed by atoms with Crippen LogP contribution >= 0.6 is 0 Å². The van der Waals surface area contributed by atoms with Crippen molar-refractivity contribution in [2.24, 2.45) is 0 Å². The van der Waals surface area contributed by atoms with E-state index < -0.39 is 259 Å². The van der Waals surface area contributed by atoms with Crippen molar-refractivity contribution in [2.75, 3.05) is 39.6 Å². The second kappa shape index (κ2) is 33.5. The third-order valence-electron chi connectivity index (χ3n) is 16.7. The number of ether oxygens (including phenoxy) is 12. The van der Waals surface area contributed by atoms with Gasteiger partial charge in [-0.3, -0.25) is 28.8 Å². The highest BCUT2D eigenvalue weighted by molar-refractivity contribution is 5.75. The van der Waals surface area contributed by atoms with E-state index in [0.29, 0.717) is 12.8 Å². The van der Waals surface area contributed by atoms with Crippen molar-refractivity contribution in [2.45, 2.75) is 264 Å². The fraction of sp³-hybridized carbons (Fsp3) is 0.889. The largest absolute Gasteiger partial charge is 0.394 e. The molecular formula is C54H90N6O31. The van der Waals surface area contributed by atoms with Crippen molar-refractivity contribution >= 4 is 35.4 Å². The summed E-state index contributed by atoms with van der Waals surface area (Å²) >= 11 is 0. The van der Waals surface area contributed by atoms with Gasteiger partial charge in [0.05, 0.1) is 45.7 Å². The molecule has 0 bridgehead atoms. The number of rotatable bonds is 24. The summed E-state index contributed by atoms with van der Waals surface area (Å²) in [4.78, 5) is 75.9. The van der Waals surface area contributed by atoms with Gasteiger partial charge in [-0.2, -0.15) is 0 Å². The zero-order chi connectivity index (χ0) is 66.9.